The van der Waals surface area contributed by atoms with Crippen LogP contribution in [0.4, 0.5) is 4.39 Å². The number of benzene rings is 2. The summed E-state index contributed by atoms with van der Waals surface area (Å²) in [6.45, 7) is 1.64. The van der Waals surface area contributed by atoms with Gasteiger partial charge in [-0.2, -0.15) is 0 Å². The van der Waals surface area contributed by atoms with Crippen molar-refractivity contribution in [1.29, 1.82) is 0 Å². The second-order valence-electron chi connectivity index (χ2n) is 4.39. The molecule has 3 nitrogen and oxygen atoms in total. The van der Waals surface area contributed by atoms with Gasteiger partial charge in [0.25, 0.3) is 0 Å². The minimum atomic E-state index is -0.661. The SMILES string of the molecule is Cc1cccc(C(=O)COc2ccc(C=O)cc2F)c1. The van der Waals surface area contributed by atoms with Crippen LogP contribution in [0.2, 0.25) is 0 Å². The predicted molar refractivity (Wildman–Crippen MR) is 72.8 cm³/mol. The minimum Gasteiger partial charge on any atom is -0.482 e. The molecule has 0 radical (unpaired) electrons. The Kier molecular flexibility index (Phi) is 4.25. The summed E-state index contributed by atoms with van der Waals surface area (Å²) in [4.78, 5) is 22.4. The van der Waals surface area contributed by atoms with Gasteiger partial charge in [0.1, 0.15) is 6.29 Å². The molecule has 0 bridgehead atoms. The molecule has 0 heterocycles. The van der Waals surface area contributed by atoms with Crippen molar-refractivity contribution in [2.24, 2.45) is 0 Å². The van der Waals surface area contributed by atoms with E-state index < -0.39 is 5.82 Å². The molecule has 0 amide bonds. The summed E-state index contributed by atoms with van der Waals surface area (Å²) in [6.07, 6.45) is 0.546. The summed E-state index contributed by atoms with van der Waals surface area (Å²) >= 11 is 0. The van der Waals surface area contributed by atoms with E-state index in [1.807, 2.05) is 13.0 Å². The highest BCUT2D eigenvalue weighted by molar-refractivity contribution is 5.97. The number of hydrogen-bond acceptors (Lipinski definition) is 3. The Bertz CT molecular complexity index is 650. The zero-order chi connectivity index (χ0) is 14.5. The molecular formula is C16H13FO3. The molecule has 0 saturated heterocycles. The van der Waals surface area contributed by atoms with Gasteiger partial charge in [0.05, 0.1) is 0 Å². The summed E-state index contributed by atoms with van der Waals surface area (Å²) in [5.41, 5.74) is 1.71. The van der Waals surface area contributed by atoms with E-state index in [-0.39, 0.29) is 23.7 Å². The lowest BCUT2D eigenvalue weighted by molar-refractivity contribution is 0.0918. The van der Waals surface area contributed by atoms with Crippen LogP contribution in [0.25, 0.3) is 0 Å². The van der Waals surface area contributed by atoms with E-state index in [2.05, 4.69) is 0 Å². The average Bonchev–Trinajstić information content (AvgIpc) is 2.45. The van der Waals surface area contributed by atoms with Crippen LogP contribution in [0, 0.1) is 12.7 Å². The zero-order valence-electron chi connectivity index (χ0n) is 10.9. The monoisotopic (exact) mass is 272 g/mol. The third-order valence-corrected chi connectivity index (χ3v) is 2.79. The lowest BCUT2D eigenvalue weighted by Gasteiger charge is -2.07. The van der Waals surface area contributed by atoms with Crippen molar-refractivity contribution < 1.29 is 18.7 Å². The Hall–Kier alpha value is -2.49. The fraction of sp³-hybridized carbons (Fsp3) is 0.125. The second kappa shape index (κ2) is 6.10. The van der Waals surface area contributed by atoms with E-state index in [1.165, 1.54) is 12.1 Å². The topological polar surface area (TPSA) is 43.4 Å². The maximum atomic E-state index is 13.6. The number of Topliss-reactive ketones (excluding diaryl/α,β-unsaturated/α-hetero) is 1. The van der Waals surface area contributed by atoms with Crippen molar-refractivity contribution in [1.82, 2.24) is 0 Å². The maximum absolute atomic E-state index is 13.6. The molecule has 4 heteroatoms. The van der Waals surface area contributed by atoms with Gasteiger partial charge in [0.2, 0.25) is 0 Å². The molecule has 0 saturated carbocycles. The van der Waals surface area contributed by atoms with Gasteiger partial charge in [0.15, 0.2) is 24.0 Å². The normalized spacial score (nSPS) is 10.1. The predicted octanol–water partition coefficient (Wildman–Crippen LogP) is 3.21. The highest BCUT2D eigenvalue weighted by atomic mass is 19.1. The third kappa shape index (κ3) is 3.29. The molecule has 0 aliphatic carbocycles. The molecule has 0 aliphatic rings. The van der Waals surface area contributed by atoms with E-state index >= 15 is 0 Å². The van der Waals surface area contributed by atoms with Crippen molar-refractivity contribution >= 4 is 12.1 Å². The number of aldehydes is 1. The smallest absolute Gasteiger partial charge is 0.200 e. The summed E-state index contributed by atoms with van der Waals surface area (Å²) in [7, 11) is 0. The molecule has 2 rings (SSSR count). The largest absolute Gasteiger partial charge is 0.482 e. The van der Waals surface area contributed by atoms with E-state index in [0.29, 0.717) is 11.8 Å². The second-order valence-corrected chi connectivity index (χ2v) is 4.39. The number of ketones is 1. The Morgan fingerprint density at radius 1 is 1.25 bits per heavy atom. The van der Waals surface area contributed by atoms with E-state index in [9.17, 15) is 14.0 Å². The number of hydrogen-bond donors (Lipinski definition) is 0. The van der Waals surface area contributed by atoms with Crippen LogP contribution in [0.3, 0.4) is 0 Å². The Morgan fingerprint density at radius 3 is 2.70 bits per heavy atom. The molecule has 2 aromatic carbocycles. The van der Waals surface area contributed by atoms with Crippen molar-refractivity contribution in [3.05, 3.63) is 65.0 Å². The number of rotatable bonds is 5. The van der Waals surface area contributed by atoms with Crippen molar-refractivity contribution in [3.8, 4) is 5.75 Å². The minimum absolute atomic E-state index is 0.0448. The van der Waals surface area contributed by atoms with E-state index in [0.717, 1.165) is 11.6 Å². The van der Waals surface area contributed by atoms with E-state index in [1.54, 1.807) is 18.2 Å². The number of halogens is 1. The molecule has 0 spiro atoms. The quantitative estimate of drug-likeness (QED) is 0.620. The van der Waals surface area contributed by atoms with Gasteiger partial charge in [-0.05, 0) is 31.2 Å². The lowest BCUT2D eigenvalue weighted by atomic mass is 10.1. The summed E-state index contributed by atoms with van der Waals surface area (Å²) < 4.78 is 18.7. The average molecular weight is 272 g/mol. The molecular weight excluding hydrogens is 259 g/mol. The van der Waals surface area contributed by atoms with Crippen LogP contribution in [0.5, 0.6) is 5.75 Å². The molecule has 0 N–H and O–H groups in total. The van der Waals surface area contributed by atoms with Crippen LogP contribution in [0.15, 0.2) is 42.5 Å². The standard InChI is InChI=1S/C16H13FO3/c1-11-3-2-4-13(7-11)15(19)10-20-16-6-5-12(9-18)8-14(16)17/h2-9H,10H2,1H3. The van der Waals surface area contributed by atoms with Gasteiger partial charge in [-0.25, -0.2) is 4.39 Å². The van der Waals surface area contributed by atoms with Crippen LogP contribution >= 0.6 is 0 Å². The fourth-order valence-corrected chi connectivity index (χ4v) is 1.75. The summed E-state index contributed by atoms with van der Waals surface area (Å²) in [5, 5.41) is 0. The molecule has 0 unspecified atom stereocenters. The molecule has 0 aliphatic heterocycles. The van der Waals surface area contributed by atoms with Gasteiger partial charge in [-0.15, -0.1) is 0 Å². The van der Waals surface area contributed by atoms with Crippen molar-refractivity contribution in [3.63, 3.8) is 0 Å². The van der Waals surface area contributed by atoms with Gasteiger partial charge in [-0.1, -0.05) is 23.8 Å². The van der Waals surface area contributed by atoms with Crippen LogP contribution < -0.4 is 4.74 Å². The highest BCUT2D eigenvalue weighted by Gasteiger charge is 2.10. The number of carbonyl (C=O) groups excluding carboxylic acids is 2. The maximum Gasteiger partial charge on any atom is 0.200 e. The molecule has 20 heavy (non-hydrogen) atoms. The highest BCUT2D eigenvalue weighted by Crippen LogP contribution is 2.18. The molecule has 2 aromatic rings. The Balaban J connectivity index is 2.05. The Morgan fingerprint density at radius 2 is 2.05 bits per heavy atom. The van der Waals surface area contributed by atoms with Gasteiger partial charge in [-0.3, -0.25) is 9.59 Å². The van der Waals surface area contributed by atoms with Gasteiger partial charge in [0, 0.05) is 11.1 Å². The number of ether oxygens (including phenoxy) is 1. The molecule has 0 atom stereocenters. The first-order valence-electron chi connectivity index (χ1n) is 6.07. The first kappa shape index (κ1) is 13.9. The number of aryl methyl sites for hydroxylation is 1. The van der Waals surface area contributed by atoms with Gasteiger partial charge >= 0.3 is 0 Å². The summed E-state index contributed by atoms with van der Waals surface area (Å²) in [5.74, 6) is -0.934. The first-order valence-corrected chi connectivity index (χ1v) is 6.07. The Labute approximate surface area is 116 Å². The van der Waals surface area contributed by atoms with Crippen LogP contribution in [0.1, 0.15) is 26.3 Å². The molecule has 0 aromatic heterocycles. The fourth-order valence-electron chi connectivity index (χ4n) is 1.75. The number of carbonyl (C=O) groups is 2. The van der Waals surface area contributed by atoms with Crippen molar-refractivity contribution in [2.75, 3.05) is 6.61 Å². The molecule has 0 fully saturated rings. The third-order valence-electron chi connectivity index (χ3n) is 2.79. The first-order chi connectivity index (χ1) is 9.60. The lowest BCUT2D eigenvalue weighted by Crippen LogP contribution is -2.12. The van der Waals surface area contributed by atoms with Crippen molar-refractivity contribution in [2.45, 2.75) is 6.92 Å². The summed E-state index contributed by atoms with van der Waals surface area (Å²) in [6, 6.07) is 10.9. The molecule has 102 valence electrons. The van der Waals surface area contributed by atoms with Crippen LogP contribution in [-0.2, 0) is 0 Å². The zero-order valence-corrected chi connectivity index (χ0v) is 10.9. The van der Waals surface area contributed by atoms with Crippen LogP contribution in [-0.4, -0.2) is 18.7 Å². The van der Waals surface area contributed by atoms with E-state index in [4.69, 9.17) is 4.74 Å². The van der Waals surface area contributed by atoms with Gasteiger partial charge < -0.3 is 4.74 Å².